The minimum Gasteiger partial charge on any atom is -0.462 e. The smallest absolute Gasteiger partial charge is 0.390 e. The van der Waals surface area contributed by atoms with Crippen LogP contribution in [-0.2, 0) is 34.1 Å². The molecule has 0 aliphatic carbocycles. The number of esters is 1. The number of halogens is 2. The fourth-order valence-electron chi connectivity index (χ4n) is 7.19. The highest BCUT2D eigenvalue weighted by atomic mass is 32.1. The van der Waals surface area contributed by atoms with Crippen molar-refractivity contribution in [2.75, 3.05) is 25.0 Å². The van der Waals surface area contributed by atoms with Crippen LogP contribution in [0.25, 0.3) is 10.1 Å². The summed E-state index contributed by atoms with van der Waals surface area (Å²) >= 11 is 0.987. The Bertz CT molecular complexity index is 2230. The third-order valence-electron chi connectivity index (χ3n) is 10.2. The predicted octanol–water partition coefficient (Wildman–Crippen LogP) is 6.53. The van der Waals surface area contributed by atoms with E-state index in [0.29, 0.717) is 36.2 Å². The fourth-order valence-corrected chi connectivity index (χ4v) is 9.98. The Morgan fingerprint density at radius 3 is 2.28 bits per heavy atom. The number of benzene rings is 3. The van der Waals surface area contributed by atoms with E-state index in [9.17, 15) is 28.5 Å². The number of carbonyl (C=O) groups excluding carboxylic acids is 5. The van der Waals surface area contributed by atoms with Crippen LogP contribution in [0.1, 0.15) is 62.2 Å². The van der Waals surface area contributed by atoms with Crippen molar-refractivity contribution in [2.45, 2.75) is 82.9 Å². The lowest BCUT2D eigenvalue weighted by Gasteiger charge is -2.39. The Morgan fingerprint density at radius 1 is 0.948 bits per heavy atom. The van der Waals surface area contributed by atoms with E-state index in [1.165, 1.54) is 60.0 Å². The lowest BCUT2D eigenvalue weighted by molar-refractivity contribution is -0.149. The Hall–Kier alpha value is -5.18. The maximum absolute atomic E-state index is 16.6. The topological polar surface area (TPSA) is 155 Å². The first-order valence-corrected chi connectivity index (χ1v) is 21.4. The monoisotopic (exact) mass is 837 g/mol. The number of fused-ring (bicyclic) bond motifs is 2. The van der Waals surface area contributed by atoms with Crippen LogP contribution in [0, 0.1) is 0 Å². The molecule has 2 unspecified atom stereocenters. The number of anilines is 1. The van der Waals surface area contributed by atoms with Crippen molar-refractivity contribution in [2.24, 2.45) is 0 Å². The van der Waals surface area contributed by atoms with Crippen molar-refractivity contribution in [1.82, 2.24) is 20.2 Å². The maximum Gasteiger partial charge on any atom is 0.390 e. The van der Waals surface area contributed by atoms with E-state index in [4.69, 9.17) is 9.26 Å². The van der Waals surface area contributed by atoms with Crippen molar-refractivity contribution < 1.29 is 46.6 Å². The summed E-state index contributed by atoms with van der Waals surface area (Å²) in [7, 11) is -3.62. The van der Waals surface area contributed by atoms with Crippen LogP contribution in [0.3, 0.4) is 0 Å². The number of para-hydroxylation sites is 2. The minimum absolute atomic E-state index is 0.0843. The largest absolute Gasteiger partial charge is 0.462 e. The van der Waals surface area contributed by atoms with Gasteiger partial charge in [-0.05, 0) is 87.9 Å². The van der Waals surface area contributed by atoms with E-state index in [2.05, 4.69) is 10.4 Å². The van der Waals surface area contributed by atoms with Gasteiger partial charge in [0, 0.05) is 49.1 Å². The first kappa shape index (κ1) is 42.4. The quantitative estimate of drug-likeness (QED) is 0.120. The van der Waals surface area contributed by atoms with E-state index in [1.54, 1.807) is 44.0 Å². The van der Waals surface area contributed by atoms with Crippen molar-refractivity contribution >= 4 is 64.2 Å². The number of alkyl halides is 2. The number of carbonyl (C=O) groups is 5. The number of likely N-dealkylation sites (N-methyl/N-ethyl adjacent to an activating group) is 1. The van der Waals surface area contributed by atoms with Gasteiger partial charge in [0.1, 0.15) is 23.9 Å². The Kier molecular flexibility index (Phi) is 12.7. The lowest BCUT2D eigenvalue weighted by Crippen LogP contribution is -2.61. The van der Waals surface area contributed by atoms with Gasteiger partial charge in [-0.25, -0.2) is 5.09 Å². The van der Waals surface area contributed by atoms with Gasteiger partial charge in [0.05, 0.1) is 11.0 Å². The number of hydrogen-bond acceptors (Lipinski definition) is 9. The Balaban J connectivity index is 1.26. The second kappa shape index (κ2) is 17.4. The molecule has 4 amide bonds. The first-order chi connectivity index (χ1) is 27.5. The molecule has 0 radical (unpaired) electrons. The van der Waals surface area contributed by atoms with Gasteiger partial charge in [-0.2, -0.15) is 8.78 Å². The molecule has 2 aliphatic rings. The van der Waals surface area contributed by atoms with E-state index in [-0.39, 0.29) is 40.4 Å². The molecule has 2 fully saturated rings. The van der Waals surface area contributed by atoms with Gasteiger partial charge < -0.3 is 29.3 Å². The molecule has 1 aromatic heterocycles. The van der Waals surface area contributed by atoms with Crippen LogP contribution in [0.15, 0.2) is 84.9 Å². The molecule has 5 atom stereocenters. The molecule has 2 aliphatic heterocycles. The average Bonchev–Trinajstić information content (AvgIpc) is 3.82. The molecule has 308 valence electrons. The number of hydrogen-bond donors (Lipinski definition) is 2. The number of nitrogens with zero attached hydrogens (tertiary/aromatic N) is 3. The standard InChI is InChI=1S/C41H46F2N5O8PS/c1-25(2)55-40(53)26(3)45-57(54,56-32-14-10-7-11-15-32)41(42,43)29-16-19-35-28(22-29)23-36(58-35)37(50)44-33-24-47(27(4)49)21-20-31-17-18-34(48(31)38(33)51)39(52)46(5)30-12-8-6-9-13-30/h6-16,19,22-23,25-26,31,33-34H,17-18,20-21,24H2,1-5H3,(H,44,50)(H,45,54)/t26-,31-,33?,34+,57?/m1/s1. The average molecular weight is 838 g/mol. The number of rotatable bonds is 12. The molecule has 4 aromatic rings. The van der Waals surface area contributed by atoms with Crippen LogP contribution in [0.4, 0.5) is 14.5 Å². The van der Waals surface area contributed by atoms with Crippen LogP contribution >= 0.6 is 18.9 Å². The maximum atomic E-state index is 16.6. The second-order valence-corrected chi connectivity index (χ2v) is 17.9. The molecule has 0 saturated carbocycles. The lowest BCUT2D eigenvalue weighted by atomic mass is 10.1. The predicted molar refractivity (Wildman–Crippen MR) is 216 cm³/mol. The van der Waals surface area contributed by atoms with Gasteiger partial charge in [-0.15, -0.1) is 11.3 Å². The van der Waals surface area contributed by atoms with E-state index < -0.39 is 60.8 Å². The van der Waals surface area contributed by atoms with E-state index >= 15 is 8.78 Å². The van der Waals surface area contributed by atoms with Crippen LogP contribution in [0.2, 0.25) is 0 Å². The van der Waals surface area contributed by atoms with Crippen LogP contribution in [0.5, 0.6) is 5.75 Å². The van der Waals surface area contributed by atoms with Crippen LogP contribution < -0.4 is 19.8 Å². The van der Waals surface area contributed by atoms with E-state index in [0.717, 1.165) is 23.5 Å². The van der Waals surface area contributed by atoms with Gasteiger partial charge in [0.2, 0.25) is 17.7 Å². The summed E-state index contributed by atoms with van der Waals surface area (Å²) in [5, 5.41) is 5.21. The summed E-state index contributed by atoms with van der Waals surface area (Å²) in [6.07, 6.45) is 0.868. The Labute approximate surface area is 339 Å². The molecular weight excluding hydrogens is 792 g/mol. The van der Waals surface area contributed by atoms with Crippen LogP contribution in [-0.4, -0.2) is 89.8 Å². The summed E-state index contributed by atoms with van der Waals surface area (Å²) in [5.41, 5.74) is -4.23. The van der Waals surface area contributed by atoms with Crippen molar-refractivity contribution in [3.63, 3.8) is 0 Å². The Morgan fingerprint density at radius 2 is 1.62 bits per heavy atom. The van der Waals surface area contributed by atoms with Crippen molar-refractivity contribution in [3.8, 4) is 5.75 Å². The normalized spacial score (nSPS) is 20.1. The number of ether oxygens (including phenoxy) is 1. The SMILES string of the molecule is CC(=O)N1CC[C@H]2CC[C@@H](C(=O)N(C)c3ccccc3)N2C(=O)C(NC(=O)c2cc3cc(C(F)(F)P(=O)(N[C@H](C)C(=O)OC(C)C)Oc4ccccc4)ccc3s2)C1. The first-order valence-electron chi connectivity index (χ1n) is 18.9. The zero-order valence-corrected chi connectivity index (χ0v) is 34.4. The summed E-state index contributed by atoms with van der Waals surface area (Å²) in [6.45, 7) is 6.00. The number of nitrogens with one attached hydrogen (secondary N) is 2. The third-order valence-corrected chi connectivity index (χ3v) is 13.5. The molecule has 3 aromatic carbocycles. The van der Waals surface area contributed by atoms with Gasteiger partial charge in [-0.1, -0.05) is 42.5 Å². The number of thiophene rings is 1. The molecule has 6 rings (SSSR count). The van der Waals surface area contributed by atoms with Gasteiger partial charge in [0.15, 0.2) is 0 Å². The minimum atomic E-state index is -5.27. The zero-order valence-electron chi connectivity index (χ0n) is 32.7. The molecule has 58 heavy (non-hydrogen) atoms. The molecule has 0 spiro atoms. The zero-order chi connectivity index (χ0) is 41.9. The second-order valence-electron chi connectivity index (χ2n) is 14.7. The molecule has 17 heteroatoms. The van der Waals surface area contributed by atoms with Crippen molar-refractivity contribution in [3.05, 3.63) is 95.4 Å². The van der Waals surface area contributed by atoms with E-state index in [1.807, 2.05) is 18.2 Å². The third kappa shape index (κ3) is 8.93. The van der Waals surface area contributed by atoms with Crippen molar-refractivity contribution in [1.29, 1.82) is 0 Å². The summed E-state index contributed by atoms with van der Waals surface area (Å²) < 4.78 is 58.4. The molecule has 2 saturated heterocycles. The summed E-state index contributed by atoms with van der Waals surface area (Å²) in [4.78, 5) is 72.0. The van der Waals surface area contributed by atoms with Gasteiger partial charge in [-0.3, -0.25) is 28.5 Å². The highest BCUT2D eigenvalue weighted by Gasteiger charge is 2.56. The number of amides is 4. The molecule has 3 heterocycles. The molecule has 0 bridgehead atoms. The molecule has 13 nitrogen and oxygen atoms in total. The fraction of sp³-hybridized carbons (Fsp3) is 0.390. The molecule has 2 N–H and O–H groups in total. The van der Waals surface area contributed by atoms with Gasteiger partial charge in [0.25, 0.3) is 5.91 Å². The van der Waals surface area contributed by atoms with Gasteiger partial charge >= 0.3 is 19.2 Å². The molecular formula is C41H46F2N5O8PS. The summed E-state index contributed by atoms with van der Waals surface area (Å²) in [6, 6.07) is 17.6. The highest BCUT2D eigenvalue weighted by molar-refractivity contribution is 7.58. The summed E-state index contributed by atoms with van der Waals surface area (Å²) in [5.74, 6) is -2.76. The highest BCUT2D eigenvalue weighted by Crippen LogP contribution is 2.63.